The normalized spacial score (nSPS) is 36.8. The Labute approximate surface area is 123 Å². The largest absolute Gasteiger partial charge is 0.377 e. The van der Waals surface area contributed by atoms with Gasteiger partial charge in [-0.2, -0.15) is 0 Å². The molecule has 4 unspecified atom stereocenters. The van der Waals surface area contributed by atoms with Crippen LogP contribution in [0.4, 0.5) is 0 Å². The topological polar surface area (TPSA) is 33.7 Å². The Balaban J connectivity index is 1.44. The molecule has 3 aliphatic rings. The van der Waals surface area contributed by atoms with E-state index in [4.69, 9.17) is 9.47 Å². The number of nitrogens with one attached hydrogen (secondary N) is 1. The summed E-state index contributed by atoms with van der Waals surface area (Å²) < 4.78 is 11.6. The SMILES string of the molecule is CC(CNCC1CCCO1)N1CCOC2CCCCC21. The molecule has 0 spiro atoms. The van der Waals surface area contributed by atoms with E-state index < -0.39 is 0 Å². The van der Waals surface area contributed by atoms with Gasteiger partial charge >= 0.3 is 0 Å². The average Bonchev–Trinajstić information content (AvgIpc) is 3.00. The van der Waals surface area contributed by atoms with E-state index in [0.717, 1.165) is 32.8 Å². The molecule has 0 radical (unpaired) electrons. The van der Waals surface area contributed by atoms with Crippen molar-refractivity contribution in [3.8, 4) is 0 Å². The van der Waals surface area contributed by atoms with E-state index in [1.54, 1.807) is 0 Å². The maximum absolute atomic E-state index is 5.97. The summed E-state index contributed by atoms with van der Waals surface area (Å²) in [5.41, 5.74) is 0. The number of morpholine rings is 1. The highest BCUT2D eigenvalue weighted by molar-refractivity contribution is 4.90. The van der Waals surface area contributed by atoms with Gasteiger partial charge in [0.15, 0.2) is 0 Å². The van der Waals surface area contributed by atoms with Crippen molar-refractivity contribution in [3.63, 3.8) is 0 Å². The third-order valence-corrected chi connectivity index (χ3v) is 5.18. The van der Waals surface area contributed by atoms with Crippen LogP contribution >= 0.6 is 0 Å². The number of hydrogen-bond acceptors (Lipinski definition) is 4. The smallest absolute Gasteiger partial charge is 0.0731 e. The molecule has 4 nitrogen and oxygen atoms in total. The van der Waals surface area contributed by atoms with Gasteiger partial charge in [0.2, 0.25) is 0 Å². The predicted octanol–water partition coefficient (Wildman–Crippen LogP) is 1.79. The summed E-state index contributed by atoms with van der Waals surface area (Å²) in [7, 11) is 0. The van der Waals surface area contributed by atoms with Crippen LogP contribution in [0.15, 0.2) is 0 Å². The number of hydrogen-bond donors (Lipinski definition) is 1. The van der Waals surface area contributed by atoms with Crippen molar-refractivity contribution in [2.24, 2.45) is 0 Å². The second kappa shape index (κ2) is 7.21. The fourth-order valence-electron chi connectivity index (χ4n) is 4.05. The van der Waals surface area contributed by atoms with Crippen molar-refractivity contribution < 1.29 is 9.47 Å². The van der Waals surface area contributed by atoms with Crippen LogP contribution in [0.3, 0.4) is 0 Å². The molecule has 4 atom stereocenters. The van der Waals surface area contributed by atoms with Gasteiger partial charge in [-0.1, -0.05) is 12.8 Å². The quantitative estimate of drug-likeness (QED) is 0.833. The molecule has 3 fully saturated rings. The van der Waals surface area contributed by atoms with Gasteiger partial charge in [-0.3, -0.25) is 4.90 Å². The van der Waals surface area contributed by atoms with Crippen LogP contribution in [0.1, 0.15) is 45.4 Å². The highest BCUT2D eigenvalue weighted by Gasteiger charge is 2.36. The molecule has 1 saturated carbocycles. The molecule has 0 aromatic rings. The molecule has 1 aliphatic carbocycles. The van der Waals surface area contributed by atoms with Crippen LogP contribution in [0, 0.1) is 0 Å². The van der Waals surface area contributed by atoms with E-state index in [1.807, 2.05) is 0 Å². The summed E-state index contributed by atoms with van der Waals surface area (Å²) in [4.78, 5) is 2.69. The standard InChI is InChI=1S/C16H30N2O2/c1-13(11-17-12-14-5-4-9-19-14)18-8-10-20-16-7-3-2-6-15(16)18/h13-17H,2-12H2,1H3. The van der Waals surface area contributed by atoms with Crippen molar-refractivity contribution in [3.05, 3.63) is 0 Å². The van der Waals surface area contributed by atoms with Gasteiger partial charge in [-0.05, 0) is 32.6 Å². The Bertz CT molecular complexity index is 292. The van der Waals surface area contributed by atoms with Crippen LogP contribution in [0.25, 0.3) is 0 Å². The maximum Gasteiger partial charge on any atom is 0.0731 e. The zero-order valence-corrected chi connectivity index (χ0v) is 12.9. The molecule has 2 saturated heterocycles. The molecule has 2 heterocycles. The lowest BCUT2D eigenvalue weighted by molar-refractivity contribution is -0.0999. The molecule has 1 N–H and O–H groups in total. The van der Waals surface area contributed by atoms with E-state index in [0.29, 0.717) is 24.3 Å². The molecule has 0 amide bonds. The third-order valence-electron chi connectivity index (χ3n) is 5.18. The van der Waals surface area contributed by atoms with Gasteiger partial charge in [0.05, 0.1) is 18.8 Å². The Morgan fingerprint density at radius 2 is 2.00 bits per heavy atom. The molecule has 0 bridgehead atoms. The Morgan fingerprint density at radius 1 is 1.10 bits per heavy atom. The Kier molecular flexibility index (Phi) is 5.32. The summed E-state index contributed by atoms with van der Waals surface area (Å²) >= 11 is 0. The molecule has 0 aromatic heterocycles. The molecular weight excluding hydrogens is 252 g/mol. The van der Waals surface area contributed by atoms with Crippen LogP contribution in [0.5, 0.6) is 0 Å². The predicted molar refractivity (Wildman–Crippen MR) is 80.0 cm³/mol. The second-order valence-corrected chi connectivity index (χ2v) is 6.64. The summed E-state index contributed by atoms with van der Waals surface area (Å²) in [6.07, 6.45) is 8.71. The summed E-state index contributed by atoms with van der Waals surface area (Å²) in [5.74, 6) is 0. The van der Waals surface area contributed by atoms with Crippen molar-refractivity contribution in [1.29, 1.82) is 0 Å². The van der Waals surface area contributed by atoms with Crippen molar-refractivity contribution in [2.75, 3.05) is 32.8 Å². The van der Waals surface area contributed by atoms with E-state index in [-0.39, 0.29) is 0 Å². The van der Waals surface area contributed by atoms with Gasteiger partial charge in [-0.15, -0.1) is 0 Å². The van der Waals surface area contributed by atoms with E-state index >= 15 is 0 Å². The van der Waals surface area contributed by atoms with Crippen molar-refractivity contribution >= 4 is 0 Å². The van der Waals surface area contributed by atoms with E-state index in [1.165, 1.54) is 38.5 Å². The number of nitrogens with zero attached hydrogens (tertiary/aromatic N) is 1. The zero-order chi connectivity index (χ0) is 13.8. The second-order valence-electron chi connectivity index (χ2n) is 6.64. The molecule has 4 heteroatoms. The average molecular weight is 282 g/mol. The zero-order valence-electron chi connectivity index (χ0n) is 12.9. The fourth-order valence-corrected chi connectivity index (χ4v) is 4.05. The highest BCUT2D eigenvalue weighted by Crippen LogP contribution is 2.29. The van der Waals surface area contributed by atoms with Crippen LogP contribution in [-0.2, 0) is 9.47 Å². The minimum Gasteiger partial charge on any atom is -0.377 e. The number of rotatable bonds is 5. The van der Waals surface area contributed by atoms with Crippen molar-refractivity contribution in [1.82, 2.24) is 10.2 Å². The summed E-state index contributed by atoms with van der Waals surface area (Å²) in [6.45, 7) is 7.42. The minimum atomic E-state index is 0.453. The first kappa shape index (κ1) is 14.8. The molecule has 3 rings (SSSR count). The maximum atomic E-state index is 5.97. The lowest BCUT2D eigenvalue weighted by atomic mass is 9.89. The monoisotopic (exact) mass is 282 g/mol. The first-order valence-corrected chi connectivity index (χ1v) is 8.54. The van der Waals surface area contributed by atoms with E-state index in [9.17, 15) is 0 Å². The highest BCUT2D eigenvalue weighted by atomic mass is 16.5. The van der Waals surface area contributed by atoms with Crippen LogP contribution in [-0.4, -0.2) is 62.0 Å². The first-order chi connectivity index (χ1) is 9.84. The lowest BCUT2D eigenvalue weighted by Gasteiger charge is -2.46. The molecule has 2 aliphatic heterocycles. The van der Waals surface area contributed by atoms with Gasteiger partial charge in [0.1, 0.15) is 0 Å². The summed E-state index contributed by atoms with van der Waals surface area (Å²) in [5, 5.41) is 3.61. The van der Waals surface area contributed by atoms with Gasteiger partial charge in [0.25, 0.3) is 0 Å². The fraction of sp³-hybridized carbons (Fsp3) is 1.00. The van der Waals surface area contributed by atoms with E-state index in [2.05, 4.69) is 17.1 Å². The molecule has 20 heavy (non-hydrogen) atoms. The summed E-state index contributed by atoms with van der Waals surface area (Å²) in [6, 6.07) is 1.27. The Morgan fingerprint density at radius 3 is 2.85 bits per heavy atom. The third kappa shape index (κ3) is 3.53. The van der Waals surface area contributed by atoms with Crippen molar-refractivity contribution in [2.45, 2.75) is 69.7 Å². The van der Waals surface area contributed by atoms with Gasteiger partial charge in [0, 0.05) is 38.3 Å². The lowest BCUT2D eigenvalue weighted by Crippen LogP contribution is -2.57. The molecule has 116 valence electrons. The van der Waals surface area contributed by atoms with Gasteiger partial charge in [-0.25, -0.2) is 0 Å². The molecular formula is C16H30N2O2. The minimum absolute atomic E-state index is 0.453. The number of fused-ring (bicyclic) bond motifs is 1. The Hall–Kier alpha value is -0.160. The van der Waals surface area contributed by atoms with Crippen LogP contribution < -0.4 is 5.32 Å². The van der Waals surface area contributed by atoms with Crippen LogP contribution in [0.2, 0.25) is 0 Å². The number of ether oxygens (including phenoxy) is 2. The van der Waals surface area contributed by atoms with Gasteiger partial charge < -0.3 is 14.8 Å². The molecule has 0 aromatic carbocycles. The first-order valence-electron chi connectivity index (χ1n) is 8.54.